The van der Waals surface area contributed by atoms with Crippen molar-refractivity contribution in [3.8, 4) is 0 Å². The lowest BCUT2D eigenvalue weighted by Crippen LogP contribution is -2.64. The summed E-state index contributed by atoms with van der Waals surface area (Å²) in [7, 11) is 0. The summed E-state index contributed by atoms with van der Waals surface area (Å²) in [5.41, 5.74) is 6.41. The fourth-order valence-corrected chi connectivity index (χ4v) is 10.1. The molecule has 0 aromatic heterocycles. The highest BCUT2D eigenvalue weighted by molar-refractivity contribution is 5.29. The highest BCUT2D eigenvalue weighted by Gasteiger charge is 2.68. The minimum Gasteiger partial charge on any atom is -0.393 e. The van der Waals surface area contributed by atoms with E-state index in [0.29, 0.717) is 22.2 Å². The number of hydrogen-bond donors (Lipinski definition) is 1. The molecule has 0 aliphatic heterocycles. The number of aliphatic hydroxyl groups excluding tert-OH is 1. The predicted molar refractivity (Wildman–Crippen MR) is 137 cm³/mol. The zero-order valence-electron chi connectivity index (χ0n) is 22.6. The predicted octanol–water partition coefficient (Wildman–Crippen LogP) is 8.87. The maximum atomic E-state index is 11.0. The number of rotatable bonds is 4. The lowest BCUT2D eigenvalue weighted by molar-refractivity contribution is -0.221. The largest absolute Gasteiger partial charge is 0.393 e. The molecule has 4 fully saturated rings. The van der Waals surface area contributed by atoms with Gasteiger partial charge in [-0.3, -0.25) is 0 Å². The van der Waals surface area contributed by atoms with Gasteiger partial charge in [-0.15, -0.1) is 0 Å². The molecule has 1 nitrogen and oxygen atoms in total. The molecule has 182 valence electrons. The maximum absolute atomic E-state index is 11.0. The summed E-state index contributed by atoms with van der Waals surface area (Å²) in [5, 5.41) is 11.0. The van der Waals surface area contributed by atoms with Crippen molar-refractivity contribution in [2.45, 2.75) is 132 Å². The number of hydrogen-bond acceptors (Lipinski definition) is 1. The molecule has 8 atom stereocenters. The van der Waals surface area contributed by atoms with E-state index < -0.39 is 0 Å². The fraction of sp³-hybridized carbons (Fsp3) is 0.871. The van der Waals surface area contributed by atoms with Gasteiger partial charge in [0.05, 0.1) is 6.10 Å². The molecule has 32 heavy (non-hydrogen) atoms. The van der Waals surface area contributed by atoms with Crippen LogP contribution in [-0.2, 0) is 0 Å². The Balaban J connectivity index is 1.65. The molecule has 0 bridgehead atoms. The monoisotopic (exact) mass is 440 g/mol. The molecular weight excluding hydrogens is 388 g/mol. The molecule has 4 rings (SSSR count). The Bertz CT molecular complexity index is 786. The summed E-state index contributed by atoms with van der Waals surface area (Å²) in [6.45, 7) is 19.7. The van der Waals surface area contributed by atoms with Crippen LogP contribution in [0.2, 0.25) is 0 Å². The molecule has 0 amide bonds. The van der Waals surface area contributed by atoms with Crippen LogP contribution in [0, 0.1) is 39.4 Å². The quantitative estimate of drug-likeness (QED) is 0.433. The fourth-order valence-electron chi connectivity index (χ4n) is 10.1. The van der Waals surface area contributed by atoms with Gasteiger partial charge >= 0.3 is 0 Å². The third kappa shape index (κ3) is 3.34. The highest BCUT2D eigenvalue weighted by Crippen LogP contribution is 2.75. The van der Waals surface area contributed by atoms with E-state index in [2.05, 4.69) is 61.5 Å². The van der Waals surface area contributed by atoms with Crippen LogP contribution in [0.5, 0.6) is 0 Å². The summed E-state index contributed by atoms with van der Waals surface area (Å²) >= 11 is 0. The Morgan fingerprint density at radius 1 is 0.906 bits per heavy atom. The van der Waals surface area contributed by atoms with Crippen molar-refractivity contribution in [2.75, 3.05) is 0 Å². The Morgan fingerprint density at radius 3 is 2.28 bits per heavy atom. The third-order valence-corrected chi connectivity index (χ3v) is 12.4. The standard InChI is InChI=1S/C31H52O/c1-9-28(5)25-16-20-31(8)26(29(25,6)18-17-27(28)32)14-13-24-23(15-19-30(24,31)7)22(4)12-10-11-21(2)3/h11,24-27,32H,9-10,12-20H2,1-8H3/b23-22-/t24-,25-,26-,27-,28+,29-,30-,31-/m0/s1. The zero-order valence-corrected chi connectivity index (χ0v) is 22.6. The second-order valence-corrected chi connectivity index (χ2v) is 13.7. The summed E-state index contributed by atoms with van der Waals surface area (Å²) in [4.78, 5) is 0. The first kappa shape index (κ1) is 24.6. The Kier molecular flexibility index (Phi) is 6.36. The van der Waals surface area contributed by atoms with Crippen molar-refractivity contribution >= 4 is 0 Å². The van der Waals surface area contributed by atoms with Gasteiger partial charge in [0, 0.05) is 0 Å². The van der Waals surface area contributed by atoms with Gasteiger partial charge in [0.2, 0.25) is 0 Å². The van der Waals surface area contributed by atoms with Crippen LogP contribution in [0.3, 0.4) is 0 Å². The van der Waals surface area contributed by atoms with Crippen molar-refractivity contribution < 1.29 is 5.11 Å². The molecule has 0 radical (unpaired) electrons. The second kappa shape index (κ2) is 8.28. The SMILES string of the molecule is CC[C@]1(C)[C@@H]2CC[C@@]3(C)[C@@H](CC[C@H]4/C(=C(/C)CCC=C(C)C)CC[C@@]43C)[C@@]2(C)CC[C@@H]1O. The van der Waals surface area contributed by atoms with Crippen molar-refractivity contribution in [1.29, 1.82) is 0 Å². The maximum Gasteiger partial charge on any atom is 0.0596 e. The van der Waals surface area contributed by atoms with Crippen LogP contribution in [0.4, 0.5) is 0 Å². The minimum absolute atomic E-state index is 0.105. The molecule has 0 spiro atoms. The van der Waals surface area contributed by atoms with Crippen molar-refractivity contribution in [3.05, 3.63) is 22.8 Å². The Hall–Kier alpha value is -0.560. The first-order chi connectivity index (χ1) is 14.9. The third-order valence-electron chi connectivity index (χ3n) is 12.4. The molecule has 0 unspecified atom stereocenters. The van der Waals surface area contributed by atoms with Crippen LogP contribution in [0.1, 0.15) is 126 Å². The molecular formula is C31H52O. The summed E-state index contributed by atoms with van der Waals surface area (Å²) in [6.07, 6.45) is 16.4. The minimum atomic E-state index is -0.105. The van der Waals surface area contributed by atoms with Gasteiger partial charge in [0.15, 0.2) is 0 Å². The molecule has 1 heteroatoms. The van der Waals surface area contributed by atoms with Crippen LogP contribution in [0.15, 0.2) is 22.8 Å². The molecule has 0 aromatic carbocycles. The van der Waals surface area contributed by atoms with Gasteiger partial charge in [-0.05, 0) is 131 Å². The Morgan fingerprint density at radius 2 is 1.62 bits per heavy atom. The smallest absolute Gasteiger partial charge is 0.0596 e. The number of fused-ring (bicyclic) bond motifs is 5. The lowest BCUT2D eigenvalue weighted by atomic mass is 9.35. The molecule has 1 N–H and O–H groups in total. The molecule has 0 aromatic rings. The summed E-state index contributed by atoms with van der Waals surface area (Å²) < 4.78 is 0. The van der Waals surface area contributed by atoms with Crippen LogP contribution >= 0.6 is 0 Å². The molecule has 0 heterocycles. The Labute approximate surface area is 199 Å². The van der Waals surface area contributed by atoms with Gasteiger partial charge in [-0.1, -0.05) is 57.4 Å². The van der Waals surface area contributed by atoms with E-state index in [1.54, 1.807) is 5.57 Å². The number of aliphatic hydroxyl groups is 1. The van der Waals surface area contributed by atoms with Crippen molar-refractivity contribution in [3.63, 3.8) is 0 Å². The molecule has 4 aliphatic rings. The van der Waals surface area contributed by atoms with E-state index in [-0.39, 0.29) is 11.5 Å². The van der Waals surface area contributed by atoms with Crippen LogP contribution < -0.4 is 0 Å². The van der Waals surface area contributed by atoms with Crippen LogP contribution in [0.25, 0.3) is 0 Å². The first-order valence-corrected chi connectivity index (χ1v) is 13.9. The van der Waals surface area contributed by atoms with Crippen LogP contribution in [-0.4, -0.2) is 11.2 Å². The van der Waals surface area contributed by atoms with Gasteiger partial charge in [0.1, 0.15) is 0 Å². The normalized spacial score (nSPS) is 49.7. The van der Waals surface area contributed by atoms with Gasteiger partial charge < -0.3 is 5.11 Å². The summed E-state index contributed by atoms with van der Waals surface area (Å²) in [6, 6.07) is 0. The van der Waals surface area contributed by atoms with E-state index >= 15 is 0 Å². The highest BCUT2D eigenvalue weighted by atomic mass is 16.3. The zero-order chi connectivity index (χ0) is 23.5. The number of allylic oxidation sites excluding steroid dienone is 4. The van der Waals surface area contributed by atoms with E-state index in [9.17, 15) is 5.11 Å². The average molecular weight is 441 g/mol. The first-order valence-electron chi connectivity index (χ1n) is 13.9. The topological polar surface area (TPSA) is 20.2 Å². The van der Waals surface area contributed by atoms with E-state index in [4.69, 9.17) is 0 Å². The van der Waals surface area contributed by atoms with Gasteiger partial charge in [-0.25, -0.2) is 0 Å². The van der Waals surface area contributed by atoms with Gasteiger partial charge in [0.25, 0.3) is 0 Å². The summed E-state index contributed by atoms with van der Waals surface area (Å²) in [5.74, 6) is 2.31. The molecule has 0 saturated heterocycles. The average Bonchev–Trinajstić information content (AvgIpc) is 3.09. The van der Waals surface area contributed by atoms with E-state index in [1.807, 2.05) is 5.57 Å². The van der Waals surface area contributed by atoms with Gasteiger partial charge in [-0.2, -0.15) is 0 Å². The second-order valence-electron chi connectivity index (χ2n) is 13.7. The molecule has 4 saturated carbocycles. The van der Waals surface area contributed by atoms with Crippen molar-refractivity contribution in [2.24, 2.45) is 39.4 Å². The molecule has 4 aliphatic carbocycles. The van der Waals surface area contributed by atoms with E-state index in [0.717, 1.165) is 24.7 Å². The van der Waals surface area contributed by atoms with Crippen molar-refractivity contribution in [1.82, 2.24) is 0 Å². The van der Waals surface area contributed by atoms with E-state index in [1.165, 1.54) is 63.4 Å². The lowest BCUT2D eigenvalue weighted by Gasteiger charge is -2.70.